The molecule has 0 aliphatic rings. The number of hydrogen-bond acceptors (Lipinski definition) is 6. The predicted octanol–water partition coefficient (Wildman–Crippen LogP) is 3.21. The molecule has 0 amide bonds. The van der Waals surface area contributed by atoms with E-state index < -0.39 is 23.4 Å². The summed E-state index contributed by atoms with van der Waals surface area (Å²) in [4.78, 5) is 19.0. The lowest BCUT2D eigenvalue weighted by atomic mass is 10.1. The van der Waals surface area contributed by atoms with E-state index in [1.807, 2.05) is 0 Å². The molecule has 0 aliphatic heterocycles. The van der Waals surface area contributed by atoms with Crippen LogP contribution in [-0.2, 0) is 17.5 Å². The highest BCUT2D eigenvalue weighted by molar-refractivity contribution is 5.92. The molecule has 9 heteroatoms. The van der Waals surface area contributed by atoms with E-state index in [9.17, 15) is 18.0 Å². The molecule has 0 spiro atoms. The fraction of sp³-hybridized carbons (Fsp3) is 0.312. The van der Waals surface area contributed by atoms with Crippen molar-refractivity contribution in [2.75, 3.05) is 19.5 Å². The SMILES string of the molecule is COC(=O)c1c(C)nc(NCc2ccc(OC)cc2)nc1C(F)(F)F. The first-order valence-corrected chi connectivity index (χ1v) is 7.17. The number of halogens is 3. The Balaban J connectivity index is 2.29. The smallest absolute Gasteiger partial charge is 0.434 e. The van der Waals surface area contributed by atoms with Crippen molar-refractivity contribution in [3.05, 3.63) is 46.8 Å². The number of alkyl halides is 3. The molecular weight excluding hydrogens is 339 g/mol. The van der Waals surface area contributed by atoms with Crippen molar-refractivity contribution in [3.63, 3.8) is 0 Å². The number of methoxy groups -OCH3 is 2. The van der Waals surface area contributed by atoms with Crippen LogP contribution in [-0.4, -0.2) is 30.2 Å². The lowest BCUT2D eigenvalue weighted by molar-refractivity contribution is -0.141. The molecule has 0 saturated carbocycles. The molecular formula is C16H16F3N3O3. The van der Waals surface area contributed by atoms with E-state index in [0.717, 1.165) is 12.7 Å². The van der Waals surface area contributed by atoms with E-state index >= 15 is 0 Å². The maximum absolute atomic E-state index is 13.2. The van der Waals surface area contributed by atoms with Crippen molar-refractivity contribution in [1.29, 1.82) is 0 Å². The van der Waals surface area contributed by atoms with Crippen molar-refractivity contribution < 1.29 is 27.4 Å². The van der Waals surface area contributed by atoms with Gasteiger partial charge in [0.1, 0.15) is 11.3 Å². The van der Waals surface area contributed by atoms with Gasteiger partial charge < -0.3 is 14.8 Å². The molecule has 0 saturated heterocycles. The maximum atomic E-state index is 13.2. The third-order valence-electron chi connectivity index (χ3n) is 3.36. The summed E-state index contributed by atoms with van der Waals surface area (Å²) in [5.74, 6) is -0.697. The number of hydrogen-bond donors (Lipinski definition) is 1. The number of ether oxygens (including phenoxy) is 2. The van der Waals surface area contributed by atoms with E-state index in [2.05, 4.69) is 20.0 Å². The van der Waals surface area contributed by atoms with Gasteiger partial charge in [-0.15, -0.1) is 0 Å². The average Bonchev–Trinajstić information content (AvgIpc) is 2.58. The van der Waals surface area contributed by atoms with Crippen molar-refractivity contribution in [3.8, 4) is 5.75 Å². The van der Waals surface area contributed by atoms with Crippen LogP contribution in [0.5, 0.6) is 5.75 Å². The zero-order valence-electron chi connectivity index (χ0n) is 13.8. The molecule has 1 heterocycles. The first-order valence-electron chi connectivity index (χ1n) is 7.17. The molecule has 0 bridgehead atoms. The van der Waals surface area contributed by atoms with Gasteiger partial charge in [-0.2, -0.15) is 13.2 Å². The molecule has 2 aromatic rings. The average molecular weight is 355 g/mol. The Morgan fingerprint density at radius 3 is 2.32 bits per heavy atom. The van der Waals surface area contributed by atoms with Gasteiger partial charge in [0.2, 0.25) is 5.95 Å². The van der Waals surface area contributed by atoms with Crippen LogP contribution in [0, 0.1) is 6.92 Å². The quantitative estimate of drug-likeness (QED) is 0.831. The molecule has 6 nitrogen and oxygen atoms in total. The van der Waals surface area contributed by atoms with E-state index in [-0.39, 0.29) is 18.2 Å². The van der Waals surface area contributed by atoms with Gasteiger partial charge in [-0.1, -0.05) is 12.1 Å². The summed E-state index contributed by atoms with van der Waals surface area (Å²) >= 11 is 0. The number of carbonyl (C=O) groups is 1. The Kier molecular flexibility index (Phi) is 5.45. The number of nitrogens with one attached hydrogen (secondary N) is 1. The van der Waals surface area contributed by atoms with E-state index in [4.69, 9.17) is 4.74 Å². The minimum Gasteiger partial charge on any atom is -0.497 e. The largest absolute Gasteiger partial charge is 0.497 e. The standard InChI is InChI=1S/C16H16F3N3O3/c1-9-12(14(23)25-3)13(16(17,18)19)22-15(21-9)20-8-10-4-6-11(24-2)7-5-10/h4-7H,8H2,1-3H3,(H,20,21,22). The molecule has 0 unspecified atom stereocenters. The van der Waals surface area contributed by atoms with Crippen LogP contribution in [0.2, 0.25) is 0 Å². The number of nitrogens with zero attached hydrogens (tertiary/aromatic N) is 2. The number of esters is 1. The molecule has 0 radical (unpaired) electrons. The first kappa shape index (κ1) is 18.5. The summed E-state index contributed by atoms with van der Waals surface area (Å²) < 4.78 is 49.1. The van der Waals surface area contributed by atoms with Gasteiger partial charge in [0.25, 0.3) is 0 Å². The fourth-order valence-electron chi connectivity index (χ4n) is 2.13. The van der Waals surface area contributed by atoms with Crippen molar-refractivity contribution in [2.24, 2.45) is 0 Å². The maximum Gasteiger partial charge on any atom is 0.434 e. The van der Waals surface area contributed by atoms with E-state index in [0.29, 0.717) is 5.75 Å². The molecule has 0 fully saturated rings. The van der Waals surface area contributed by atoms with Crippen LogP contribution in [0.1, 0.15) is 27.3 Å². The van der Waals surface area contributed by atoms with Gasteiger partial charge in [-0.3, -0.25) is 0 Å². The normalized spacial score (nSPS) is 11.1. The molecule has 2 rings (SSSR count). The Hall–Kier alpha value is -2.84. The second-order valence-electron chi connectivity index (χ2n) is 5.05. The van der Waals surface area contributed by atoms with Crippen molar-refractivity contribution >= 4 is 11.9 Å². The van der Waals surface area contributed by atoms with Gasteiger partial charge in [0.15, 0.2) is 5.69 Å². The third kappa shape index (κ3) is 4.37. The number of carbonyl (C=O) groups excluding carboxylic acids is 1. The molecule has 25 heavy (non-hydrogen) atoms. The predicted molar refractivity (Wildman–Crippen MR) is 83.4 cm³/mol. The topological polar surface area (TPSA) is 73.3 Å². The highest BCUT2D eigenvalue weighted by Gasteiger charge is 2.39. The number of aromatic nitrogens is 2. The molecule has 0 atom stereocenters. The van der Waals surface area contributed by atoms with Crippen molar-refractivity contribution in [1.82, 2.24) is 9.97 Å². The first-order chi connectivity index (χ1) is 11.8. The summed E-state index contributed by atoms with van der Waals surface area (Å²) in [6.45, 7) is 1.50. The minimum absolute atomic E-state index is 0.119. The monoisotopic (exact) mass is 355 g/mol. The molecule has 0 aliphatic carbocycles. The molecule has 134 valence electrons. The van der Waals surface area contributed by atoms with Crippen LogP contribution in [0.3, 0.4) is 0 Å². The zero-order chi connectivity index (χ0) is 18.6. The van der Waals surface area contributed by atoms with Crippen molar-refractivity contribution in [2.45, 2.75) is 19.6 Å². The summed E-state index contributed by atoms with van der Waals surface area (Å²) in [5.41, 5.74) is -1.34. The number of anilines is 1. The summed E-state index contributed by atoms with van der Waals surface area (Å²) in [5, 5.41) is 2.72. The van der Waals surface area contributed by atoms with Gasteiger partial charge in [0, 0.05) is 6.54 Å². The number of rotatable bonds is 5. The molecule has 1 N–H and O–H groups in total. The second kappa shape index (κ2) is 7.37. The summed E-state index contributed by atoms with van der Waals surface area (Å²) in [7, 11) is 2.53. The van der Waals surface area contributed by atoms with E-state index in [1.54, 1.807) is 24.3 Å². The summed E-state index contributed by atoms with van der Waals surface area (Å²) in [6, 6.07) is 6.97. The molecule has 1 aromatic heterocycles. The lowest BCUT2D eigenvalue weighted by Crippen LogP contribution is -2.20. The Labute approximate surface area is 142 Å². The van der Waals surface area contributed by atoms with Crippen LogP contribution in [0.4, 0.5) is 19.1 Å². The Bertz CT molecular complexity index is 762. The van der Waals surface area contributed by atoms with Crippen LogP contribution in [0.15, 0.2) is 24.3 Å². The van der Waals surface area contributed by atoms with Gasteiger partial charge in [0.05, 0.1) is 19.9 Å². The highest BCUT2D eigenvalue weighted by atomic mass is 19.4. The molecule has 1 aromatic carbocycles. The third-order valence-corrected chi connectivity index (χ3v) is 3.36. The highest BCUT2D eigenvalue weighted by Crippen LogP contribution is 2.32. The van der Waals surface area contributed by atoms with Crippen LogP contribution >= 0.6 is 0 Å². The fourth-order valence-corrected chi connectivity index (χ4v) is 2.13. The van der Waals surface area contributed by atoms with Crippen LogP contribution in [0.25, 0.3) is 0 Å². The number of aryl methyl sites for hydroxylation is 1. The van der Waals surface area contributed by atoms with Gasteiger partial charge in [-0.05, 0) is 24.6 Å². The second-order valence-corrected chi connectivity index (χ2v) is 5.05. The van der Waals surface area contributed by atoms with Gasteiger partial charge >= 0.3 is 12.1 Å². The summed E-state index contributed by atoms with van der Waals surface area (Å²) in [6.07, 6.45) is -4.81. The van der Waals surface area contributed by atoms with Gasteiger partial charge in [-0.25, -0.2) is 14.8 Å². The minimum atomic E-state index is -4.81. The van der Waals surface area contributed by atoms with Crippen LogP contribution < -0.4 is 10.1 Å². The van der Waals surface area contributed by atoms with E-state index in [1.165, 1.54) is 14.0 Å². The lowest BCUT2D eigenvalue weighted by Gasteiger charge is -2.14. The Morgan fingerprint density at radius 1 is 1.16 bits per heavy atom. The number of benzene rings is 1. The zero-order valence-corrected chi connectivity index (χ0v) is 13.8. The Morgan fingerprint density at radius 2 is 1.80 bits per heavy atom.